The maximum Gasteiger partial charge on any atom is 0.260 e. The Morgan fingerprint density at radius 2 is 1.97 bits per heavy atom. The number of amides is 1. The summed E-state index contributed by atoms with van der Waals surface area (Å²) < 4.78 is 1.12. The largest absolute Gasteiger partial charge is 0.325 e. The number of rotatable bonds is 5. The second-order valence-electron chi connectivity index (χ2n) is 6.86. The Hall–Kier alpha value is -2.17. The summed E-state index contributed by atoms with van der Waals surface area (Å²) in [5.74, 6) is 0.0226. The summed E-state index contributed by atoms with van der Waals surface area (Å²) in [6.07, 6.45) is 0. The minimum atomic E-state index is -0.187. The summed E-state index contributed by atoms with van der Waals surface area (Å²) in [4.78, 5) is 33.1. The number of thioether (sulfide) groups is 1. The predicted octanol–water partition coefficient (Wildman–Crippen LogP) is 5.60. The van der Waals surface area contributed by atoms with Gasteiger partial charge in [0, 0.05) is 20.2 Å². The third kappa shape index (κ3) is 4.60. The molecule has 8 heteroatoms. The molecule has 0 fully saturated rings. The van der Waals surface area contributed by atoms with Gasteiger partial charge in [-0.25, -0.2) is 4.98 Å². The monoisotopic (exact) mass is 547 g/mol. The van der Waals surface area contributed by atoms with E-state index in [1.807, 2.05) is 61.7 Å². The minimum absolute atomic E-state index is 0.140. The number of fused-ring (bicyclic) bond motifs is 1. The van der Waals surface area contributed by atoms with Crippen molar-refractivity contribution in [2.45, 2.75) is 19.0 Å². The van der Waals surface area contributed by atoms with E-state index in [-0.39, 0.29) is 17.2 Å². The van der Waals surface area contributed by atoms with Crippen LogP contribution in [0.25, 0.3) is 21.3 Å². The number of H-pyrrole nitrogens is 1. The number of hydrogen-bond acceptors (Lipinski definition) is 5. The van der Waals surface area contributed by atoms with Crippen LogP contribution < -0.4 is 10.9 Å². The molecule has 0 radical (unpaired) electrons. The Bertz CT molecular complexity index is 1300. The van der Waals surface area contributed by atoms with Gasteiger partial charge in [-0.3, -0.25) is 9.59 Å². The number of carbonyl (C=O) groups is 1. The summed E-state index contributed by atoms with van der Waals surface area (Å²) in [5, 5.41) is 5.90. The highest BCUT2D eigenvalue weighted by Crippen LogP contribution is 2.31. The van der Waals surface area contributed by atoms with Gasteiger partial charge < -0.3 is 10.3 Å². The van der Waals surface area contributed by atoms with E-state index in [1.54, 1.807) is 0 Å². The van der Waals surface area contributed by atoms with E-state index >= 15 is 0 Å². The van der Waals surface area contributed by atoms with Crippen molar-refractivity contribution in [3.63, 3.8) is 0 Å². The summed E-state index contributed by atoms with van der Waals surface area (Å²) in [6.45, 7) is 3.99. The Morgan fingerprint density at radius 3 is 2.70 bits per heavy atom. The molecule has 30 heavy (non-hydrogen) atoms. The molecule has 1 amide bonds. The highest BCUT2D eigenvalue weighted by molar-refractivity contribution is 14.1. The zero-order valence-electron chi connectivity index (χ0n) is 16.3. The average molecular weight is 547 g/mol. The molecular formula is C22H18IN3O2S2. The fourth-order valence-corrected chi connectivity index (χ4v) is 5.34. The van der Waals surface area contributed by atoms with Gasteiger partial charge in [-0.15, -0.1) is 11.3 Å². The number of aryl methyl sites for hydroxylation is 2. The van der Waals surface area contributed by atoms with E-state index in [4.69, 9.17) is 0 Å². The van der Waals surface area contributed by atoms with Crippen molar-refractivity contribution >= 4 is 67.5 Å². The third-order valence-electron chi connectivity index (χ3n) is 4.59. The predicted molar refractivity (Wildman–Crippen MR) is 134 cm³/mol. The molecule has 2 aromatic heterocycles. The number of hydrogen-bond donors (Lipinski definition) is 2. The van der Waals surface area contributed by atoms with E-state index in [0.29, 0.717) is 15.4 Å². The Kier molecular flexibility index (Phi) is 6.26. The van der Waals surface area contributed by atoms with Gasteiger partial charge in [-0.1, -0.05) is 41.6 Å². The summed E-state index contributed by atoms with van der Waals surface area (Å²) in [5.41, 5.74) is 4.66. The summed E-state index contributed by atoms with van der Waals surface area (Å²) >= 11 is 4.89. The molecule has 0 bridgehead atoms. The van der Waals surface area contributed by atoms with E-state index in [2.05, 4.69) is 37.9 Å². The van der Waals surface area contributed by atoms with E-state index in [1.165, 1.54) is 28.7 Å². The third-order valence-corrected chi connectivity index (χ3v) is 7.00. The summed E-state index contributed by atoms with van der Waals surface area (Å²) in [7, 11) is 0. The van der Waals surface area contributed by atoms with Crippen LogP contribution in [-0.4, -0.2) is 21.6 Å². The number of halogens is 1. The number of benzene rings is 2. The maximum atomic E-state index is 12.7. The molecule has 0 aliphatic rings. The lowest BCUT2D eigenvalue weighted by Gasteiger charge is -2.08. The fraction of sp³-hybridized carbons (Fsp3) is 0.136. The van der Waals surface area contributed by atoms with E-state index in [9.17, 15) is 9.59 Å². The second-order valence-corrected chi connectivity index (χ2v) is 9.93. The number of aromatic nitrogens is 2. The Labute approximate surface area is 195 Å². The van der Waals surface area contributed by atoms with Crippen LogP contribution in [-0.2, 0) is 4.79 Å². The number of anilines is 1. The first-order valence-electron chi connectivity index (χ1n) is 9.18. The molecule has 5 nitrogen and oxygen atoms in total. The summed E-state index contributed by atoms with van der Waals surface area (Å²) in [6, 6.07) is 13.9. The van der Waals surface area contributed by atoms with Crippen LogP contribution >= 0.6 is 45.7 Å². The van der Waals surface area contributed by atoms with E-state index in [0.717, 1.165) is 25.9 Å². The normalized spacial score (nSPS) is 11.0. The van der Waals surface area contributed by atoms with Crippen molar-refractivity contribution in [3.8, 4) is 11.1 Å². The molecule has 2 aromatic carbocycles. The van der Waals surface area contributed by atoms with Crippen LogP contribution in [0, 0.1) is 17.4 Å². The fourth-order valence-electron chi connectivity index (χ4n) is 3.03. The molecule has 4 aromatic rings. The van der Waals surface area contributed by atoms with Crippen LogP contribution in [0.15, 0.2) is 57.8 Å². The second kappa shape index (κ2) is 8.91. The lowest BCUT2D eigenvalue weighted by atomic mass is 10.1. The molecule has 0 saturated heterocycles. The number of carbonyl (C=O) groups excluding carboxylic acids is 1. The van der Waals surface area contributed by atoms with Gasteiger partial charge in [0.25, 0.3) is 5.56 Å². The highest BCUT2D eigenvalue weighted by Gasteiger charge is 2.14. The topological polar surface area (TPSA) is 74.8 Å². The van der Waals surface area contributed by atoms with Crippen molar-refractivity contribution in [2.75, 3.05) is 11.1 Å². The molecule has 0 saturated carbocycles. The molecule has 0 aliphatic carbocycles. The molecular weight excluding hydrogens is 529 g/mol. The molecule has 152 valence electrons. The Balaban J connectivity index is 1.51. The van der Waals surface area contributed by atoms with Crippen molar-refractivity contribution < 1.29 is 4.79 Å². The lowest BCUT2D eigenvalue weighted by molar-refractivity contribution is -0.113. The van der Waals surface area contributed by atoms with E-state index < -0.39 is 0 Å². The quantitative estimate of drug-likeness (QED) is 0.194. The SMILES string of the molecule is Cc1ccc(-c2csc3nc(SCC(=O)Nc4ccc(I)cc4C)[nH]c(=O)c23)cc1. The maximum absolute atomic E-state index is 12.7. The smallest absolute Gasteiger partial charge is 0.260 e. The van der Waals surface area contributed by atoms with Gasteiger partial charge in [-0.2, -0.15) is 0 Å². The lowest BCUT2D eigenvalue weighted by Crippen LogP contribution is -2.16. The van der Waals surface area contributed by atoms with Crippen molar-refractivity contribution in [1.29, 1.82) is 0 Å². The zero-order chi connectivity index (χ0) is 21.3. The Morgan fingerprint density at radius 1 is 1.20 bits per heavy atom. The molecule has 0 aliphatic heterocycles. The first-order chi connectivity index (χ1) is 14.4. The average Bonchev–Trinajstić information content (AvgIpc) is 3.14. The van der Waals surface area contributed by atoms with Crippen molar-refractivity contribution in [2.24, 2.45) is 0 Å². The highest BCUT2D eigenvalue weighted by atomic mass is 127. The van der Waals surface area contributed by atoms with Crippen molar-refractivity contribution in [1.82, 2.24) is 9.97 Å². The van der Waals surface area contributed by atoms with Gasteiger partial charge >= 0.3 is 0 Å². The first-order valence-corrected chi connectivity index (χ1v) is 12.1. The van der Waals surface area contributed by atoms with Crippen LogP contribution in [0.4, 0.5) is 5.69 Å². The van der Waals surface area contributed by atoms with Crippen LogP contribution in [0.5, 0.6) is 0 Å². The first kappa shape index (κ1) is 21.1. The van der Waals surface area contributed by atoms with Crippen LogP contribution in [0.3, 0.4) is 0 Å². The molecule has 2 heterocycles. The van der Waals surface area contributed by atoms with Gasteiger partial charge in [0.15, 0.2) is 5.16 Å². The van der Waals surface area contributed by atoms with Crippen molar-refractivity contribution in [3.05, 3.63) is 72.9 Å². The number of nitrogens with one attached hydrogen (secondary N) is 2. The molecule has 0 unspecified atom stereocenters. The minimum Gasteiger partial charge on any atom is -0.325 e. The molecule has 0 spiro atoms. The van der Waals surface area contributed by atoms with Crippen LogP contribution in [0.2, 0.25) is 0 Å². The molecule has 2 N–H and O–H groups in total. The van der Waals surface area contributed by atoms with Crippen LogP contribution in [0.1, 0.15) is 11.1 Å². The number of nitrogens with zero attached hydrogens (tertiary/aromatic N) is 1. The molecule has 4 rings (SSSR count). The zero-order valence-corrected chi connectivity index (χ0v) is 20.1. The van der Waals surface area contributed by atoms with Gasteiger partial charge in [0.1, 0.15) is 4.83 Å². The van der Waals surface area contributed by atoms with Gasteiger partial charge in [0.2, 0.25) is 5.91 Å². The standard InChI is InChI=1S/C22H18IN3O2S2/c1-12-3-5-14(6-4-12)16-10-29-21-19(16)20(28)25-22(26-21)30-11-18(27)24-17-8-7-15(23)9-13(17)2/h3-10H,11H2,1-2H3,(H,24,27)(H,25,26,28). The molecule has 0 atom stereocenters. The van der Waals surface area contributed by atoms with Gasteiger partial charge in [0.05, 0.1) is 11.1 Å². The number of thiophene rings is 1. The number of aromatic amines is 1. The van der Waals surface area contributed by atoms with Gasteiger partial charge in [-0.05, 0) is 65.8 Å².